The van der Waals surface area contributed by atoms with Crippen molar-refractivity contribution < 1.29 is 4.79 Å². The maximum absolute atomic E-state index is 10.3. The lowest BCUT2D eigenvalue weighted by Crippen LogP contribution is -2.35. The Balaban J connectivity index is 2.46. The first-order valence-electron chi connectivity index (χ1n) is 3.37. The summed E-state index contributed by atoms with van der Waals surface area (Å²) in [5.41, 5.74) is -0.148. The van der Waals surface area contributed by atoms with E-state index in [1.54, 1.807) is 0 Å². The van der Waals surface area contributed by atoms with E-state index in [2.05, 4.69) is 11.6 Å². The van der Waals surface area contributed by atoms with Gasteiger partial charge in [-0.25, -0.2) is 0 Å². The normalized spacial score (nSPS) is 25.4. The van der Waals surface area contributed by atoms with Crippen molar-refractivity contribution in [3.63, 3.8) is 0 Å². The molecule has 0 saturated carbocycles. The largest absolute Gasteiger partial charge is 0.317 e. The van der Waals surface area contributed by atoms with Crippen LogP contribution < -0.4 is 5.32 Å². The second-order valence-electron chi connectivity index (χ2n) is 2.91. The van der Waals surface area contributed by atoms with Crippen LogP contribution in [0, 0.1) is 5.41 Å². The van der Waals surface area contributed by atoms with Crippen LogP contribution in [0.2, 0.25) is 0 Å². The van der Waals surface area contributed by atoms with Crippen molar-refractivity contribution in [3.05, 3.63) is 0 Å². The molecule has 0 amide bonds. The van der Waals surface area contributed by atoms with Gasteiger partial charge in [-0.05, 0) is 25.9 Å². The van der Waals surface area contributed by atoms with Crippen molar-refractivity contribution in [2.45, 2.75) is 19.8 Å². The van der Waals surface area contributed by atoms with E-state index in [0.29, 0.717) is 0 Å². The number of nitrogens with one attached hydrogen (secondary N) is 1. The number of hydrogen-bond donors (Lipinski definition) is 1. The molecule has 0 unspecified atom stereocenters. The zero-order valence-electron chi connectivity index (χ0n) is 5.74. The standard InChI is InChI=1S/C7H12NO/c1-7(6-9)2-4-8-5-3-7/h8H,2-5H2,1H3. The first-order chi connectivity index (χ1) is 4.27. The maximum Gasteiger partial charge on any atom is 0.204 e. The van der Waals surface area contributed by atoms with E-state index in [9.17, 15) is 4.79 Å². The molecule has 9 heavy (non-hydrogen) atoms. The Bertz CT molecular complexity index is 105. The molecule has 1 heterocycles. The second kappa shape index (κ2) is 2.48. The van der Waals surface area contributed by atoms with Crippen LogP contribution in [0.1, 0.15) is 19.8 Å². The van der Waals surface area contributed by atoms with Crippen molar-refractivity contribution in [2.75, 3.05) is 13.1 Å². The lowest BCUT2D eigenvalue weighted by molar-refractivity contribution is 0.312. The van der Waals surface area contributed by atoms with Gasteiger partial charge in [-0.15, -0.1) is 0 Å². The lowest BCUT2D eigenvalue weighted by Gasteiger charge is -2.26. The summed E-state index contributed by atoms with van der Waals surface area (Å²) in [6.07, 6.45) is 3.97. The van der Waals surface area contributed by atoms with E-state index < -0.39 is 0 Å². The van der Waals surface area contributed by atoms with Gasteiger partial charge in [0.2, 0.25) is 6.29 Å². The minimum atomic E-state index is -0.148. The summed E-state index contributed by atoms with van der Waals surface area (Å²) in [4.78, 5) is 10.3. The molecule has 1 aliphatic heterocycles. The van der Waals surface area contributed by atoms with Gasteiger partial charge in [-0.3, -0.25) is 4.79 Å². The Kier molecular flexibility index (Phi) is 1.86. The third kappa shape index (κ3) is 1.52. The topological polar surface area (TPSA) is 29.1 Å². The van der Waals surface area contributed by atoms with Crippen molar-refractivity contribution in [1.29, 1.82) is 0 Å². The molecule has 0 aromatic carbocycles. The SMILES string of the molecule is CC1([C]=O)CCNCC1. The molecule has 1 rings (SSSR count). The molecule has 0 bridgehead atoms. The van der Waals surface area contributed by atoms with Crippen molar-refractivity contribution in [1.82, 2.24) is 5.32 Å². The Morgan fingerprint density at radius 1 is 1.44 bits per heavy atom. The zero-order chi connectivity index (χ0) is 6.74. The molecule has 0 aliphatic carbocycles. The summed E-state index contributed by atoms with van der Waals surface area (Å²) >= 11 is 0. The molecular weight excluding hydrogens is 114 g/mol. The van der Waals surface area contributed by atoms with Gasteiger partial charge in [0.05, 0.1) is 0 Å². The molecule has 0 aromatic heterocycles. The number of rotatable bonds is 1. The highest BCUT2D eigenvalue weighted by Gasteiger charge is 2.26. The lowest BCUT2D eigenvalue weighted by atomic mass is 9.83. The van der Waals surface area contributed by atoms with E-state index in [1.807, 2.05) is 6.92 Å². The Hall–Kier alpha value is -0.370. The second-order valence-corrected chi connectivity index (χ2v) is 2.91. The summed E-state index contributed by atoms with van der Waals surface area (Å²) in [6.45, 7) is 3.90. The van der Waals surface area contributed by atoms with Crippen LogP contribution in [0.5, 0.6) is 0 Å². The average Bonchev–Trinajstić information content (AvgIpc) is 1.90. The van der Waals surface area contributed by atoms with Crippen LogP contribution in [-0.4, -0.2) is 19.4 Å². The maximum atomic E-state index is 10.3. The van der Waals surface area contributed by atoms with Gasteiger partial charge in [0.25, 0.3) is 0 Å². The van der Waals surface area contributed by atoms with Gasteiger partial charge in [0.15, 0.2) is 0 Å². The fourth-order valence-corrected chi connectivity index (χ4v) is 1.08. The molecule has 1 fully saturated rings. The molecule has 2 nitrogen and oxygen atoms in total. The van der Waals surface area contributed by atoms with Crippen molar-refractivity contribution >= 4 is 6.29 Å². The average molecular weight is 126 g/mol. The highest BCUT2D eigenvalue weighted by atomic mass is 16.1. The van der Waals surface area contributed by atoms with Crippen LogP contribution in [0.15, 0.2) is 0 Å². The molecule has 0 spiro atoms. The van der Waals surface area contributed by atoms with Crippen molar-refractivity contribution in [2.24, 2.45) is 5.41 Å². The quantitative estimate of drug-likeness (QED) is 0.554. The number of piperidine rings is 1. The molecule has 0 aromatic rings. The molecule has 1 N–H and O–H groups in total. The molecule has 1 radical (unpaired) electrons. The van der Waals surface area contributed by atoms with Crippen LogP contribution >= 0.6 is 0 Å². The smallest absolute Gasteiger partial charge is 0.204 e. The van der Waals surface area contributed by atoms with Gasteiger partial charge in [-0.1, -0.05) is 6.92 Å². The summed E-state index contributed by atoms with van der Waals surface area (Å²) < 4.78 is 0. The van der Waals surface area contributed by atoms with Crippen LogP contribution in [0.4, 0.5) is 0 Å². The molecule has 51 valence electrons. The highest BCUT2D eigenvalue weighted by Crippen LogP contribution is 2.24. The highest BCUT2D eigenvalue weighted by molar-refractivity contribution is 5.59. The predicted octanol–water partition coefficient (Wildman–Crippen LogP) is 0.486. The summed E-state index contributed by atoms with van der Waals surface area (Å²) in [7, 11) is 0. The Morgan fingerprint density at radius 2 is 2.00 bits per heavy atom. The van der Waals surface area contributed by atoms with Crippen LogP contribution in [0.25, 0.3) is 0 Å². The molecule has 2 heteroatoms. The Morgan fingerprint density at radius 3 is 2.33 bits per heavy atom. The third-order valence-electron chi connectivity index (χ3n) is 1.95. The summed E-state index contributed by atoms with van der Waals surface area (Å²) in [6, 6.07) is 0. The summed E-state index contributed by atoms with van der Waals surface area (Å²) in [5.74, 6) is 0. The van der Waals surface area contributed by atoms with Crippen molar-refractivity contribution in [3.8, 4) is 0 Å². The van der Waals surface area contributed by atoms with E-state index in [4.69, 9.17) is 0 Å². The fraction of sp³-hybridized carbons (Fsp3) is 0.857. The van der Waals surface area contributed by atoms with Crippen LogP contribution in [0.3, 0.4) is 0 Å². The first kappa shape index (κ1) is 6.75. The Labute approximate surface area is 55.6 Å². The predicted molar refractivity (Wildman–Crippen MR) is 35.9 cm³/mol. The van der Waals surface area contributed by atoms with E-state index in [0.717, 1.165) is 25.9 Å². The van der Waals surface area contributed by atoms with Gasteiger partial charge >= 0.3 is 0 Å². The van der Waals surface area contributed by atoms with Gasteiger partial charge in [0.1, 0.15) is 0 Å². The van der Waals surface area contributed by atoms with E-state index >= 15 is 0 Å². The van der Waals surface area contributed by atoms with E-state index in [1.165, 1.54) is 0 Å². The minimum Gasteiger partial charge on any atom is -0.317 e. The zero-order valence-corrected chi connectivity index (χ0v) is 5.74. The minimum absolute atomic E-state index is 0.148. The van der Waals surface area contributed by atoms with Gasteiger partial charge in [0, 0.05) is 5.41 Å². The fourth-order valence-electron chi connectivity index (χ4n) is 1.08. The summed E-state index contributed by atoms with van der Waals surface area (Å²) in [5, 5.41) is 3.20. The van der Waals surface area contributed by atoms with Gasteiger partial charge in [-0.2, -0.15) is 0 Å². The molecular formula is C7H12NO. The third-order valence-corrected chi connectivity index (χ3v) is 1.95. The monoisotopic (exact) mass is 126 g/mol. The number of carbonyl (C=O) groups excluding carboxylic acids is 1. The molecule has 1 saturated heterocycles. The molecule has 1 aliphatic rings. The number of hydrogen-bond acceptors (Lipinski definition) is 2. The van der Waals surface area contributed by atoms with E-state index in [-0.39, 0.29) is 5.41 Å². The molecule has 0 atom stereocenters. The first-order valence-corrected chi connectivity index (χ1v) is 3.37. The van der Waals surface area contributed by atoms with Gasteiger partial charge < -0.3 is 5.32 Å². The van der Waals surface area contributed by atoms with Crippen LogP contribution in [-0.2, 0) is 4.79 Å².